The molecule has 1 unspecified atom stereocenters. The van der Waals surface area contributed by atoms with Crippen molar-refractivity contribution in [2.45, 2.75) is 52.1 Å². The molecule has 0 bridgehead atoms. The molecular formula is C15H22O. The van der Waals surface area contributed by atoms with E-state index < -0.39 is 0 Å². The van der Waals surface area contributed by atoms with Gasteiger partial charge in [-0.1, -0.05) is 26.5 Å². The van der Waals surface area contributed by atoms with E-state index in [1.165, 1.54) is 41.6 Å². The lowest BCUT2D eigenvalue weighted by Crippen LogP contribution is -2.07. The Morgan fingerprint density at radius 3 is 2.88 bits per heavy atom. The number of hydrogen-bond acceptors (Lipinski definition) is 1. The molecule has 0 aromatic carbocycles. The van der Waals surface area contributed by atoms with Crippen molar-refractivity contribution in [3.8, 4) is 0 Å². The van der Waals surface area contributed by atoms with E-state index in [4.69, 9.17) is 4.74 Å². The molecule has 0 saturated heterocycles. The van der Waals surface area contributed by atoms with E-state index in [0.29, 0.717) is 6.10 Å². The zero-order valence-electron chi connectivity index (χ0n) is 10.5. The van der Waals surface area contributed by atoms with Gasteiger partial charge in [0.05, 0.1) is 12.7 Å². The van der Waals surface area contributed by atoms with Gasteiger partial charge in [-0.05, 0) is 54.4 Å². The summed E-state index contributed by atoms with van der Waals surface area (Å²) in [6.07, 6.45) is 8.55. The minimum absolute atomic E-state index is 0.368. The number of rotatable bonds is 2. The summed E-state index contributed by atoms with van der Waals surface area (Å²) in [4.78, 5) is 0. The summed E-state index contributed by atoms with van der Waals surface area (Å²) < 4.78 is 5.84. The van der Waals surface area contributed by atoms with Crippen LogP contribution in [0.15, 0.2) is 34.9 Å². The van der Waals surface area contributed by atoms with Crippen molar-refractivity contribution in [2.24, 2.45) is 0 Å². The van der Waals surface area contributed by atoms with Gasteiger partial charge in [0, 0.05) is 0 Å². The first-order chi connectivity index (χ1) is 7.77. The molecule has 2 aliphatic rings. The maximum Gasteiger partial charge on any atom is 0.0793 e. The SMILES string of the molecule is C=C1C2=C(CCC/C1=C\CC)C(CC)OC2. The van der Waals surface area contributed by atoms with Crippen LogP contribution in [0.1, 0.15) is 46.0 Å². The monoisotopic (exact) mass is 218 g/mol. The van der Waals surface area contributed by atoms with Crippen LogP contribution in [0.2, 0.25) is 0 Å². The first-order valence-electron chi connectivity index (χ1n) is 6.50. The van der Waals surface area contributed by atoms with E-state index in [-0.39, 0.29) is 0 Å². The Hall–Kier alpha value is -0.820. The first-order valence-corrected chi connectivity index (χ1v) is 6.50. The third-order valence-electron chi connectivity index (χ3n) is 3.67. The molecule has 1 nitrogen and oxygen atoms in total. The molecule has 0 saturated carbocycles. The summed E-state index contributed by atoms with van der Waals surface area (Å²) >= 11 is 0. The second-order valence-electron chi connectivity index (χ2n) is 4.68. The molecule has 0 aromatic heterocycles. The Kier molecular flexibility index (Phi) is 3.65. The summed E-state index contributed by atoms with van der Waals surface area (Å²) in [5.41, 5.74) is 5.65. The maximum atomic E-state index is 5.84. The Morgan fingerprint density at radius 2 is 2.19 bits per heavy atom. The van der Waals surface area contributed by atoms with Crippen molar-refractivity contribution in [3.05, 3.63) is 34.9 Å². The molecule has 1 heteroatoms. The fourth-order valence-electron chi connectivity index (χ4n) is 2.81. The van der Waals surface area contributed by atoms with Gasteiger partial charge in [0.2, 0.25) is 0 Å². The van der Waals surface area contributed by atoms with Gasteiger partial charge in [-0.3, -0.25) is 0 Å². The van der Waals surface area contributed by atoms with Crippen LogP contribution in [0.4, 0.5) is 0 Å². The highest BCUT2D eigenvalue weighted by molar-refractivity contribution is 5.51. The van der Waals surface area contributed by atoms with Crippen LogP contribution >= 0.6 is 0 Å². The predicted octanol–water partition coefficient (Wildman–Crippen LogP) is 4.17. The van der Waals surface area contributed by atoms with Gasteiger partial charge >= 0.3 is 0 Å². The van der Waals surface area contributed by atoms with Crippen LogP contribution in [-0.2, 0) is 4.74 Å². The van der Waals surface area contributed by atoms with Crippen LogP contribution in [-0.4, -0.2) is 12.7 Å². The van der Waals surface area contributed by atoms with E-state index in [1.54, 1.807) is 0 Å². The van der Waals surface area contributed by atoms with Gasteiger partial charge in [0.25, 0.3) is 0 Å². The third kappa shape index (κ3) is 2.01. The number of hydrogen-bond donors (Lipinski definition) is 0. The minimum Gasteiger partial charge on any atom is -0.369 e. The summed E-state index contributed by atoms with van der Waals surface area (Å²) in [6, 6.07) is 0. The Balaban J connectivity index is 2.29. The van der Waals surface area contributed by atoms with E-state index in [1.807, 2.05) is 0 Å². The molecule has 0 radical (unpaired) electrons. The fourth-order valence-corrected chi connectivity index (χ4v) is 2.81. The first kappa shape index (κ1) is 11.7. The standard InChI is InChI=1S/C15H22O/c1-4-7-12-8-6-9-13-14(11(12)3)10-16-15(13)5-2/h7,15H,3-6,8-10H2,1-2H3/b12-7+. The molecule has 16 heavy (non-hydrogen) atoms. The van der Waals surface area contributed by atoms with Gasteiger partial charge in [-0.25, -0.2) is 0 Å². The zero-order valence-corrected chi connectivity index (χ0v) is 10.5. The molecule has 0 amide bonds. The van der Waals surface area contributed by atoms with Crippen LogP contribution in [0.3, 0.4) is 0 Å². The largest absolute Gasteiger partial charge is 0.369 e. The van der Waals surface area contributed by atoms with E-state index in [2.05, 4.69) is 26.5 Å². The highest BCUT2D eigenvalue weighted by Crippen LogP contribution is 2.38. The summed E-state index contributed by atoms with van der Waals surface area (Å²) in [5, 5.41) is 0. The topological polar surface area (TPSA) is 9.23 Å². The average molecular weight is 218 g/mol. The van der Waals surface area contributed by atoms with Crippen molar-refractivity contribution in [2.75, 3.05) is 6.61 Å². The zero-order chi connectivity index (χ0) is 11.5. The van der Waals surface area contributed by atoms with Crippen molar-refractivity contribution in [1.29, 1.82) is 0 Å². The molecule has 88 valence electrons. The van der Waals surface area contributed by atoms with Gasteiger partial charge in [-0.15, -0.1) is 0 Å². The molecule has 0 fully saturated rings. The third-order valence-corrected chi connectivity index (χ3v) is 3.67. The second kappa shape index (κ2) is 5.01. The molecule has 1 aliphatic heterocycles. The summed E-state index contributed by atoms with van der Waals surface area (Å²) in [6.45, 7) is 9.47. The fraction of sp³-hybridized carbons (Fsp3) is 0.600. The normalized spacial score (nSPS) is 28.5. The Labute approximate surface area is 98.9 Å². The van der Waals surface area contributed by atoms with Crippen molar-refractivity contribution < 1.29 is 4.74 Å². The van der Waals surface area contributed by atoms with Crippen LogP contribution in [0.5, 0.6) is 0 Å². The molecule has 0 N–H and O–H groups in total. The predicted molar refractivity (Wildman–Crippen MR) is 68.4 cm³/mol. The van der Waals surface area contributed by atoms with Crippen LogP contribution < -0.4 is 0 Å². The molecule has 1 aliphatic carbocycles. The van der Waals surface area contributed by atoms with E-state index >= 15 is 0 Å². The van der Waals surface area contributed by atoms with Crippen LogP contribution in [0.25, 0.3) is 0 Å². The molecule has 0 spiro atoms. The molecular weight excluding hydrogens is 196 g/mol. The summed E-state index contributed by atoms with van der Waals surface area (Å²) in [7, 11) is 0. The lowest BCUT2D eigenvalue weighted by atomic mass is 9.95. The molecule has 1 atom stereocenters. The van der Waals surface area contributed by atoms with E-state index in [9.17, 15) is 0 Å². The van der Waals surface area contributed by atoms with Crippen molar-refractivity contribution in [1.82, 2.24) is 0 Å². The molecule has 2 rings (SSSR count). The highest BCUT2D eigenvalue weighted by atomic mass is 16.5. The molecule has 0 aromatic rings. The smallest absolute Gasteiger partial charge is 0.0793 e. The van der Waals surface area contributed by atoms with Gasteiger partial charge in [0.1, 0.15) is 0 Å². The lowest BCUT2D eigenvalue weighted by Gasteiger charge is -2.11. The van der Waals surface area contributed by atoms with E-state index in [0.717, 1.165) is 19.4 Å². The Morgan fingerprint density at radius 1 is 1.38 bits per heavy atom. The average Bonchev–Trinajstić information content (AvgIpc) is 2.63. The number of ether oxygens (including phenoxy) is 1. The lowest BCUT2D eigenvalue weighted by molar-refractivity contribution is 0.115. The van der Waals surface area contributed by atoms with Gasteiger partial charge < -0.3 is 4.74 Å². The summed E-state index contributed by atoms with van der Waals surface area (Å²) in [5.74, 6) is 0. The van der Waals surface area contributed by atoms with Gasteiger partial charge in [0.15, 0.2) is 0 Å². The van der Waals surface area contributed by atoms with Crippen molar-refractivity contribution >= 4 is 0 Å². The molecule has 1 heterocycles. The Bertz CT molecular complexity index is 346. The maximum absolute atomic E-state index is 5.84. The van der Waals surface area contributed by atoms with Crippen molar-refractivity contribution in [3.63, 3.8) is 0 Å². The van der Waals surface area contributed by atoms with Crippen LogP contribution in [0, 0.1) is 0 Å². The number of allylic oxidation sites excluding steroid dienone is 2. The highest BCUT2D eigenvalue weighted by Gasteiger charge is 2.28. The minimum atomic E-state index is 0.368. The second-order valence-corrected chi connectivity index (χ2v) is 4.68. The van der Waals surface area contributed by atoms with Gasteiger partial charge in [-0.2, -0.15) is 0 Å². The quantitative estimate of drug-likeness (QED) is 0.676.